The largest absolute Gasteiger partial charge is 0.330 e. The van der Waals surface area contributed by atoms with Crippen molar-refractivity contribution in [2.75, 3.05) is 19.6 Å². The normalized spacial score (nSPS) is 29.5. The first-order valence-corrected chi connectivity index (χ1v) is 5.28. The molecule has 2 N–H and O–H groups in total. The van der Waals surface area contributed by atoms with Gasteiger partial charge in [0, 0.05) is 19.1 Å². The molecular weight excluding hydrogens is 160 g/mol. The minimum atomic E-state index is 0.692. The fourth-order valence-corrected chi connectivity index (χ4v) is 2.01. The Morgan fingerprint density at radius 2 is 2.31 bits per heavy atom. The van der Waals surface area contributed by atoms with Crippen LogP contribution in [-0.4, -0.2) is 30.6 Å². The molecule has 1 rings (SSSR count). The maximum atomic E-state index is 5.67. The summed E-state index contributed by atoms with van der Waals surface area (Å²) in [6.07, 6.45) is 2.35. The van der Waals surface area contributed by atoms with Crippen LogP contribution in [-0.2, 0) is 0 Å². The lowest BCUT2D eigenvalue weighted by atomic mass is 10.1. The summed E-state index contributed by atoms with van der Waals surface area (Å²) in [6, 6.07) is 0.692. The minimum Gasteiger partial charge on any atom is -0.330 e. The van der Waals surface area contributed by atoms with Gasteiger partial charge in [-0.15, -0.1) is 0 Å². The number of hydrogen-bond donors (Lipinski definition) is 1. The van der Waals surface area contributed by atoms with Crippen molar-refractivity contribution in [2.24, 2.45) is 11.7 Å². The quantitative estimate of drug-likeness (QED) is 0.669. The van der Waals surface area contributed by atoms with E-state index in [0.717, 1.165) is 26.1 Å². The highest BCUT2D eigenvalue weighted by atomic mass is 15.2. The standard InChI is InChI=1S/C11H22N2/c1-4-9(2)7-13-8-11(6-12)5-10(13)3/h10-11H,2,4-8,12H2,1,3H3. The summed E-state index contributed by atoms with van der Waals surface area (Å²) in [7, 11) is 0. The lowest BCUT2D eigenvalue weighted by Crippen LogP contribution is -2.29. The van der Waals surface area contributed by atoms with Crippen molar-refractivity contribution in [2.45, 2.75) is 32.7 Å². The van der Waals surface area contributed by atoms with Gasteiger partial charge in [0.05, 0.1) is 0 Å². The van der Waals surface area contributed by atoms with Crippen LogP contribution in [0, 0.1) is 5.92 Å². The van der Waals surface area contributed by atoms with Gasteiger partial charge < -0.3 is 5.73 Å². The average Bonchev–Trinajstić information content (AvgIpc) is 2.47. The molecule has 1 fully saturated rings. The summed E-state index contributed by atoms with van der Waals surface area (Å²) in [4.78, 5) is 2.50. The maximum absolute atomic E-state index is 5.67. The third-order valence-electron chi connectivity index (χ3n) is 3.05. The third-order valence-corrected chi connectivity index (χ3v) is 3.05. The highest BCUT2D eigenvalue weighted by Crippen LogP contribution is 2.22. The molecule has 2 heteroatoms. The smallest absolute Gasteiger partial charge is 0.0193 e. The molecule has 2 nitrogen and oxygen atoms in total. The van der Waals surface area contributed by atoms with Gasteiger partial charge in [-0.05, 0) is 32.2 Å². The summed E-state index contributed by atoms with van der Waals surface area (Å²) >= 11 is 0. The van der Waals surface area contributed by atoms with E-state index in [1.807, 2.05) is 0 Å². The average molecular weight is 182 g/mol. The van der Waals surface area contributed by atoms with Gasteiger partial charge in [-0.2, -0.15) is 0 Å². The molecule has 13 heavy (non-hydrogen) atoms. The molecule has 0 aromatic carbocycles. The van der Waals surface area contributed by atoms with Crippen LogP contribution < -0.4 is 5.73 Å². The van der Waals surface area contributed by atoms with Crippen LogP contribution in [0.4, 0.5) is 0 Å². The first kappa shape index (κ1) is 10.7. The van der Waals surface area contributed by atoms with E-state index in [-0.39, 0.29) is 0 Å². The predicted octanol–water partition coefficient (Wildman–Crippen LogP) is 1.62. The van der Waals surface area contributed by atoms with Gasteiger partial charge in [-0.1, -0.05) is 19.1 Å². The van der Waals surface area contributed by atoms with Crippen molar-refractivity contribution in [3.05, 3.63) is 12.2 Å². The molecule has 2 atom stereocenters. The number of nitrogens with zero attached hydrogens (tertiary/aromatic N) is 1. The molecule has 0 saturated carbocycles. The van der Waals surface area contributed by atoms with Gasteiger partial charge >= 0.3 is 0 Å². The molecule has 2 unspecified atom stereocenters. The summed E-state index contributed by atoms with van der Waals surface area (Å²) in [5.74, 6) is 0.708. The second-order valence-electron chi connectivity index (χ2n) is 4.22. The first-order valence-electron chi connectivity index (χ1n) is 5.28. The van der Waals surface area contributed by atoms with E-state index >= 15 is 0 Å². The Balaban J connectivity index is 2.38. The lowest BCUT2D eigenvalue weighted by molar-refractivity contribution is 0.285. The fourth-order valence-electron chi connectivity index (χ4n) is 2.01. The molecule has 1 heterocycles. The van der Waals surface area contributed by atoms with Gasteiger partial charge in [-0.25, -0.2) is 0 Å². The van der Waals surface area contributed by atoms with Gasteiger partial charge in [-0.3, -0.25) is 4.90 Å². The van der Waals surface area contributed by atoms with Crippen LogP contribution in [0.2, 0.25) is 0 Å². The molecule has 0 bridgehead atoms. The minimum absolute atomic E-state index is 0.692. The third kappa shape index (κ3) is 2.82. The Hall–Kier alpha value is -0.340. The van der Waals surface area contributed by atoms with Crippen molar-refractivity contribution in [3.63, 3.8) is 0 Å². The Morgan fingerprint density at radius 3 is 2.77 bits per heavy atom. The molecule has 1 aliphatic rings. The van der Waals surface area contributed by atoms with E-state index in [1.54, 1.807) is 0 Å². The lowest BCUT2D eigenvalue weighted by Gasteiger charge is -2.21. The van der Waals surface area contributed by atoms with Gasteiger partial charge in [0.25, 0.3) is 0 Å². The topological polar surface area (TPSA) is 29.3 Å². The van der Waals surface area contributed by atoms with E-state index in [9.17, 15) is 0 Å². The summed E-state index contributed by atoms with van der Waals surface area (Å²) in [5, 5.41) is 0. The van der Waals surface area contributed by atoms with E-state index in [1.165, 1.54) is 12.0 Å². The second-order valence-corrected chi connectivity index (χ2v) is 4.22. The van der Waals surface area contributed by atoms with E-state index in [4.69, 9.17) is 5.73 Å². The molecule has 0 aliphatic carbocycles. The number of hydrogen-bond acceptors (Lipinski definition) is 2. The Labute approximate surface area is 81.8 Å². The molecule has 0 aromatic heterocycles. The van der Waals surface area contributed by atoms with Gasteiger partial charge in [0.2, 0.25) is 0 Å². The molecule has 1 saturated heterocycles. The van der Waals surface area contributed by atoms with E-state index < -0.39 is 0 Å². The van der Waals surface area contributed by atoms with Crippen LogP contribution >= 0.6 is 0 Å². The molecule has 0 radical (unpaired) electrons. The van der Waals surface area contributed by atoms with Crippen molar-refractivity contribution < 1.29 is 0 Å². The van der Waals surface area contributed by atoms with Crippen molar-refractivity contribution >= 4 is 0 Å². The van der Waals surface area contributed by atoms with Gasteiger partial charge in [0.1, 0.15) is 0 Å². The highest BCUT2D eigenvalue weighted by Gasteiger charge is 2.27. The summed E-state index contributed by atoms with van der Waals surface area (Å²) < 4.78 is 0. The SMILES string of the molecule is C=C(CC)CN1CC(CN)CC1C. The van der Waals surface area contributed by atoms with Crippen LogP contribution in [0.25, 0.3) is 0 Å². The Kier molecular flexibility index (Phi) is 3.94. The zero-order valence-electron chi connectivity index (χ0n) is 8.92. The Morgan fingerprint density at radius 1 is 1.62 bits per heavy atom. The first-order chi connectivity index (χ1) is 6.17. The van der Waals surface area contributed by atoms with E-state index in [2.05, 4.69) is 25.3 Å². The predicted molar refractivity (Wildman–Crippen MR) is 57.6 cm³/mol. The maximum Gasteiger partial charge on any atom is 0.0193 e. The monoisotopic (exact) mass is 182 g/mol. The van der Waals surface area contributed by atoms with Crippen LogP contribution in [0.1, 0.15) is 26.7 Å². The van der Waals surface area contributed by atoms with Crippen LogP contribution in [0.15, 0.2) is 12.2 Å². The molecule has 0 spiro atoms. The van der Waals surface area contributed by atoms with Crippen LogP contribution in [0.5, 0.6) is 0 Å². The van der Waals surface area contributed by atoms with Crippen molar-refractivity contribution in [3.8, 4) is 0 Å². The second kappa shape index (κ2) is 4.77. The molecule has 1 aliphatic heterocycles. The number of likely N-dealkylation sites (tertiary alicyclic amines) is 1. The molecule has 0 aromatic rings. The molecule has 0 amide bonds. The Bertz CT molecular complexity index is 177. The molecule has 76 valence electrons. The van der Waals surface area contributed by atoms with Crippen LogP contribution in [0.3, 0.4) is 0 Å². The number of rotatable bonds is 4. The summed E-state index contributed by atoms with van der Waals surface area (Å²) in [5.41, 5.74) is 7.01. The number of nitrogens with two attached hydrogens (primary N) is 1. The molecular formula is C11H22N2. The highest BCUT2D eigenvalue weighted by molar-refractivity contribution is 4.99. The zero-order valence-corrected chi connectivity index (χ0v) is 8.92. The fraction of sp³-hybridized carbons (Fsp3) is 0.818. The zero-order chi connectivity index (χ0) is 9.84. The van der Waals surface area contributed by atoms with Gasteiger partial charge in [0.15, 0.2) is 0 Å². The van der Waals surface area contributed by atoms with Crippen molar-refractivity contribution in [1.29, 1.82) is 0 Å². The van der Waals surface area contributed by atoms with Crippen molar-refractivity contribution in [1.82, 2.24) is 4.90 Å². The van der Waals surface area contributed by atoms with E-state index in [0.29, 0.717) is 12.0 Å². The summed E-state index contributed by atoms with van der Waals surface area (Å²) in [6.45, 7) is 11.6.